The Hall–Kier alpha value is -1.84. The highest BCUT2D eigenvalue weighted by molar-refractivity contribution is 5.97. The molecule has 0 saturated heterocycles. The maximum atomic E-state index is 12.1. The fourth-order valence-corrected chi connectivity index (χ4v) is 2.39. The second-order valence-electron chi connectivity index (χ2n) is 4.93. The van der Waals surface area contributed by atoms with Crippen LogP contribution in [0.1, 0.15) is 41.8 Å². The number of hydrogen-bond donors (Lipinski definition) is 2. The van der Waals surface area contributed by atoms with Gasteiger partial charge < -0.3 is 10.6 Å². The van der Waals surface area contributed by atoms with Crippen molar-refractivity contribution < 1.29 is 9.59 Å². The van der Waals surface area contributed by atoms with Gasteiger partial charge in [0.15, 0.2) is 0 Å². The van der Waals surface area contributed by atoms with Gasteiger partial charge in [-0.2, -0.15) is 0 Å². The van der Waals surface area contributed by atoms with Gasteiger partial charge in [0.25, 0.3) is 5.91 Å². The van der Waals surface area contributed by atoms with Crippen LogP contribution in [0.5, 0.6) is 0 Å². The Kier molecular flexibility index (Phi) is 4.20. The van der Waals surface area contributed by atoms with Crippen LogP contribution in [0.25, 0.3) is 0 Å². The predicted molar refractivity (Wildman–Crippen MR) is 74.1 cm³/mol. The van der Waals surface area contributed by atoms with Gasteiger partial charge in [-0.05, 0) is 56.4 Å². The van der Waals surface area contributed by atoms with Gasteiger partial charge >= 0.3 is 0 Å². The van der Waals surface area contributed by atoms with Crippen molar-refractivity contribution in [3.63, 3.8) is 0 Å². The highest BCUT2D eigenvalue weighted by Gasteiger charge is 2.18. The first kappa shape index (κ1) is 13.6. The second-order valence-corrected chi connectivity index (χ2v) is 4.93. The maximum absolute atomic E-state index is 12.1. The molecule has 102 valence electrons. The minimum atomic E-state index is -0.513. The van der Waals surface area contributed by atoms with E-state index in [1.165, 1.54) is 11.1 Å². The van der Waals surface area contributed by atoms with Gasteiger partial charge in [0.05, 0.1) is 0 Å². The molecule has 0 saturated carbocycles. The van der Waals surface area contributed by atoms with Crippen LogP contribution in [-0.4, -0.2) is 24.4 Å². The number of amides is 2. The number of likely N-dealkylation sites (N-methyl/N-ethyl adjacent to an activating group) is 1. The van der Waals surface area contributed by atoms with Gasteiger partial charge in [0.1, 0.15) is 6.04 Å². The van der Waals surface area contributed by atoms with Crippen molar-refractivity contribution in [3.8, 4) is 0 Å². The van der Waals surface area contributed by atoms with Crippen molar-refractivity contribution in [2.24, 2.45) is 0 Å². The van der Waals surface area contributed by atoms with E-state index in [0.29, 0.717) is 12.1 Å². The average molecular weight is 260 g/mol. The van der Waals surface area contributed by atoms with Gasteiger partial charge in [-0.1, -0.05) is 6.07 Å². The standard InChI is InChI=1S/C15H20N2O2/c1-3-16-14(18)10(2)17-15(19)13-8-7-11-5-4-6-12(11)9-13/h7-10H,3-6H2,1-2H3,(H,16,18)(H,17,19)/t10-/m0/s1. The van der Waals surface area contributed by atoms with Crippen molar-refractivity contribution in [2.75, 3.05) is 6.54 Å². The summed E-state index contributed by atoms with van der Waals surface area (Å²) in [5.41, 5.74) is 3.24. The Morgan fingerprint density at radius 2 is 2.00 bits per heavy atom. The van der Waals surface area contributed by atoms with Gasteiger partial charge in [-0.3, -0.25) is 9.59 Å². The van der Waals surface area contributed by atoms with Crippen molar-refractivity contribution in [3.05, 3.63) is 34.9 Å². The zero-order valence-corrected chi connectivity index (χ0v) is 11.5. The van der Waals surface area contributed by atoms with Crippen LogP contribution < -0.4 is 10.6 Å². The van der Waals surface area contributed by atoms with E-state index < -0.39 is 6.04 Å². The second kappa shape index (κ2) is 5.87. The Labute approximate surface area is 113 Å². The molecule has 0 aromatic heterocycles. The molecule has 4 heteroatoms. The zero-order chi connectivity index (χ0) is 13.8. The lowest BCUT2D eigenvalue weighted by Gasteiger charge is -2.13. The lowest BCUT2D eigenvalue weighted by atomic mass is 10.1. The molecular formula is C15H20N2O2. The van der Waals surface area contributed by atoms with Crippen LogP contribution >= 0.6 is 0 Å². The molecule has 19 heavy (non-hydrogen) atoms. The summed E-state index contributed by atoms with van der Waals surface area (Å²) in [6, 6.07) is 5.29. The first-order valence-corrected chi connectivity index (χ1v) is 6.82. The molecule has 2 amide bonds. The summed E-state index contributed by atoms with van der Waals surface area (Å²) in [5.74, 6) is -0.342. The summed E-state index contributed by atoms with van der Waals surface area (Å²) in [4.78, 5) is 23.6. The van der Waals surface area contributed by atoms with Crippen LogP contribution in [0, 0.1) is 0 Å². The van der Waals surface area contributed by atoms with E-state index in [2.05, 4.69) is 10.6 Å². The maximum Gasteiger partial charge on any atom is 0.251 e. The normalized spacial score (nSPS) is 14.6. The van der Waals surface area contributed by atoms with Crippen molar-refractivity contribution >= 4 is 11.8 Å². The number of hydrogen-bond acceptors (Lipinski definition) is 2. The van der Waals surface area contributed by atoms with E-state index in [0.717, 1.165) is 19.3 Å². The minimum absolute atomic E-state index is 0.156. The van der Waals surface area contributed by atoms with Gasteiger partial charge in [0.2, 0.25) is 5.91 Å². The largest absolute Gasteiger partial charge is 0.355 e. The van der Waals surface area contributed by atoms with Crippen LogP contribution in [0.15, 0.2) is 18.2 Å². The Balaban J connectivity index is 2.02. The monoisotopic (exact) mass is 260 g/mol. The molecule has 0 radical (unpaired) electrons. The first-order chi connectivity index (χ1) is 9.11. The molecule has 2 rings (SSSR count). The van der Waals surface area contributed by atoms with Crippen molar-refractivity contribution in [1.82, 2.24) is 10.6 Å². The van der Waals surface area contributed by atoms with E-state index in [-0.39, 0.29) is 11.8 Å². The third-order valence-electron chi connectivity index (χ3n) is 3.45. The molecule has 1 aromatic carbocycles. The summed E-state index contributed by atoms with van der Waals surface area (Å²) in [6.07, 6.45) is 3.31. The fraction of sp³-hybridized carbons (Fsp3) is 0.467. The van der Waals surface area contributed by atoms with Crippen molar-refractivity contribution in [2.45, 2.75) is 39.2 Å². The Bertz CT molecular complexity index is 497. The molecule has 1 atom stereocenters. The quantitative estimate of drug-likeness (QED) is 0.860. The van der Waals surface area contributed by atoms with E-state index in [4.69, 9.17) is 0 Å². The predicted octanol–water partition coefficient (Wildman–Crippen LogP) is 1.43. The molecule has 0 aliphatic heterocycles. The van der Waals surface area contributed by atoms with Gasteiger partial charge in [-0.15, -0.1) is 0 Å². The summed E-state index contributed by atoms with van der Waals surface area (Å²) < 4.78 is 0. The zero-order valence-electron chi connectivity index (χ0n) is 11.5. The van der Waals surface area contributed by atoms with Crippen LogP contribution in [-0.2, 0) is 17.6 Å². The summed E-state index contributed by atoms with van der Waals surface area (Å²) in [5, 5.41) is 5.41. The number of carbonyl (C=O) groups is 2. The third kappa shape index (κ3) is 3.13. The summed E-state index contributed by atoms with van der Waals surface area (Å²) in [6.45, 7) is 4.11. The molecule has 0 heterocycles. The first-order valence-electron chi connectivity index (χ1n) is 6.82. The molecule has 1 aliphatic rings. The van der Waals surface area contributed by atoms with Gasteiger partial charge in [0, 0.05) is 12.1 Å². The SMILES string of the molecule is CCNC(=O)[C@H](C)NC(=O)c1ccc2c(c1)CCC2. The minimum Gasteiger partial charge on any atom is -0.355 e. The lowest BCUT2D eigenvalue weighted by molar-refractivity contribution is -0.122. The Morgan fingerprint density at radius 3 is 2.74 bits per heavy atom. The Morgan fingerprint density at radius 1 is 1.26 bits per heavy atom. The highest BCUT2D eigenvalue weighted by Crippen LogP contribution is 2.22. The third-order valence-corrected chi connectivity index (χ3v) is 3.45. The molecule has 4 nitrogen and oxygen atoms in total. The molecule has 0 spiro atoms. The molecule has 1 aromatic rings. The molecular weight excluding hydrogens is 240 g/mol. The highest BCUT2D eigenvalue weighted by atomic mass is 16.2. The van der Waals surface area contributed by atoms with E-state index >= 15 is 0 Å². The van der Waals surface area contributed by atoms with Crippen LogP contribution in [0.4, 0.5) is 0 Å². The summed E-state index contributed by atoms with van der Waals surface area (Å²) in [7, 11) is 0. The van der Waals surface area contributed by atoms with E-state index in [1.807, 2.05) is 25.1 Å². The number of aryl methyl sites for hydroxylation is 2. The van der Waals surface area contributed by atoms with Crippen LogP contribution in [0.2, 0.25) is 0 Å². The molecule has 2 N–H and O–H groups in total. The van der Waals surface area contributed by atoms with Crippen LogP contribution in [0.3, 0.4) is 0 Å². The number of carbonyl (C=O) groups excluding carboxylic acids is 2. The molecule has 0 unspecified atom stereocenters. The molecule has 1 aliphatic carbocycles. The number of nitrogens with one attached hydrogen (secondary N) is 2. The number of fused-ring (bicyclic) bond motifs is 1. The fourth-order valence-electron chi connectivity index (χ4n) is 2.39. The summed E-state index contributed by atoms with van der Waals surface area (Å²) >= 11 is 0. The van der Waals surface area contributed by atoms with Crippen molar-refractivity contribution in [1.29, 1.82) is 0 Å². The molecule has 0 bridgehead atoms. The average Bonchev–Trinajstić information content (AvgIpc) is 2.85. The number of rotatable bonds is 4. The van der Waals surface area contributed by atoms with Gasteiger partial charge in [-0.25, -0.2) is 0 Å². The lowest BCUT2D eigenvalue weighted by Crippen LogP contribution is -2.44. The molecule has 0 fully saturated rings. The topological polar surface area (TPSA) is 58.2 Å². The van der Waals surface area contributed by atoms with E-state index in [1.54, 1.807) is 6.92 Å². The van der Waals surface area contributed by atoms with E-state index in [9.17, 15) is 9.59 Å². The number of benzene rings is 1. The smallest absolute Gasteiger partial charge is 0.251 e.